The number of benzene rings is 1. The molecule has 0 saturated carbocycles. The van der Waals surface area contributed by atoms with Crippen LogP contribution in [0.15, 0.2) is 36.5 Å². The minimum Gasteiger partial charge on any atom is -0.479 e. The predicted molar refractivity (Wildman–Crippen MR) is 86.3 cm³/mol. The van der Waals surface area contributed by atoms with Gasteiger partial charge in [-0.05, 0) is 37.1 Å². The molecule has 1 aromatic carbocycles. The number of nitrogens with zero attached hydrogens (tertiary/aromatic N) is 2. The molecular formula is C17H17ClN2O. The van der Waals surface area contributed by atoms with Crippen molar-refractivity contribution in [2.24, 2.45) is 0 Å². The molecule has 0 spiro atoms. The monoisotopic (exact) mass is 300 g/mol. The molecule has 0 bridgehead atoms. The van der Waals surface area contributed by atoms with Crippen molar-refractivity contribution in [3.8, 4) is 5.88 Å². The van der Waals surface area contributed by atoms with Gasteiger partial charge in [-0.2, -0.15) is 0 Å². The number of halogens is 1. The van der Waals surface area contributed by atoms with Crippen LogP contribution in [-0.2, 0) is 6.54 Å². The van der Waals surface area contributed by atoms with Crippen LogP contribution < -0.4 is 4.74 Å². The van der Waals surface area contributed by atoms with E-state index in [1.54, 1.807) is 13.3 Å². The first-order valence-corrected chi connectivity index (χ1v) is 7.23. The fraction of sp³-hybridized carbons (Fsp3) is 0.235. The number of methoxy groups -OCH3 is 1. The van der Waals surface area contributed by atoms with Crippen LogP contribution in [0.5, 0.6) is 5.88 Å². The molecule has 21 heavy (non-hydrogen) atoms. The van der Waals surface area contributed by atoms with Crippen LogP contribution in [-0.4, -0.2) is 16.7 Å². The summed E-state index contributed by atoms with van der Waals surface area (Å²) in [4.78, 5) is 4.33. The highest BCUT2D eigenvalue weighted by Crippen LogP contribution is 2.32. The van der Waals surface area contributed by atoms with Crippen molar-refractivity contribution >= 4 is 22.5 Å². The summed E-state index contributed by atoms with van der Waals surface area (Å²) in [6.45, 7) is 4.95. The minimum absolute atomic E-state index is 0.649. The number of hydrogen-bond acceptors (Lipinski definition) is 2. The van der Waals surface area contributed by atoms with Crippen LogP contribution >= 0.6 is 11.6 Å². The third kappa shape index (κ3) is 2.28. The maximum absolute atomic E-state index is 6.30. The fourth-order valence-electron chi connectivity index (χ4n) is 2.71. The van der Waals surface area contributed by atoms with E-state index in [0.29, 0.717) is 12.4 Å². The Kier molecular flexibility index (Phi) is 3.60. The molecule has 0 fully saturated rings. The van der Waals surface area contributed by atoms with Crippen molar-refractivity contribution in [3.05, 3.63) is 58.4 Å². The molecule has 0 unspecified atom stereocenters. The molecule has 0 N–H and O–H groups in total. The Bertz CT molecular complexity index is 808. The number of rotatable bonds is 3. The Labute approximate surface area is 129 Å². The molecule has 3 rings (SSSR count). The molecule has 108 valence electrons. The van der Waals surface area contributed by atoms with E-state index >= 15 is 0 Å². The summed E-state index contributed by atoms with van der Waals surface area (Å²) in [5.74, 6) is 0.649. The third-order valence-corrected chi connectivity index (χ3v) is 4.36. The molecule has 0 aliphatic rings. The Morgan fingerprint density at radius 3 is 2.67 bits per heavy atom. The Morgan fingerprint density at radius 1 is 1.19 bits per heavy atom. The highest BCUT2D eigenvalue weighted by atomic mass is 35.5. The Hall–Kier alpha value is -2.00. The molecule has 0 atom stereocenters. The molecule has 2 heterocycles. The summed E-state index contributed by atoms with van der Waals surface area (Å²) in [6.07, 6.45) is 1.79. The van der Waals surface area contributed by atoms with E-state index in [1.807, 2.05) is 30.3 Å². The van der Waals surface area contributed by atoms with E-state index in [4.69, 9.17) is 16.3 Å². The molecule has 3 aromatic rings. The average molecular weight is 301 g/mol. The van der Waals surface area contributed by atoms with Gasteiger partial charge in [-0.25, -0.2) is 4.98 Å². The zero-order chi connectivity index (χ0) is 15.0. The van der Waals surface area contributed by atoms with Crippen LogP contribution in [0.1, 0.15) is 16.8 Å². The van der Waals surface area contributed by atoms with E-state index in [-0.39, 0.29) is 0 Å². The van der Waals surface area contributed by atoms with Crippen molar-refractivity contribution in [1.82, 2.24) is 9.55 Å². The van der Waals surface area contributed by atoms with Gasteiger partial charge in [-0.1, -0.05) is 29.8 Å². The number of pyridine rings is 1. The number of ether oxygens (including phenoxy) is 1. The smallest absolute Gasteiger partial charge is 0.238 e. The number of fused-ring (bicyclic) bond motifs is 1. The van der Waals surface area contributed by atoms with Crippen LogP contribution in [0.3, 0.4) is 0 Å². The first-order valence-electron chi connectivity index (χ1n) is 6.85. The quantitative estimate of drug-likeness (QED) is 0.718. The molecule has 0 amide bonds. The van der Waals surface area contributed by atoms with Crippen LogP contribution in [0.4, 0.5) is 0 Å². The topological polar surface area (TPSA) is 27.1 Å². The largest absolute Gasteiger partial charge is 0.479 e. The summed E-state index contributed by atoms with van der Waals surface area (Å²) < 4.78 is 7.66. The van der Waals surface area contributed by atoms with E-state index in [1.165, 1.54) is 16.6 Å². The van der Waals surface area contributed by atoms with Crippen molar-refractivity contribution in [1.29, 1.82) is 0 Å². The fourth-order valence-corrected chi connectivity index (χ4v) is 2.90. The van der Waals surface area contributed by atoms with Gasteiger partial charge in [0.1, 0.15) is 5.52 Å². The van der Waals surface area contributed by atoms with Crippen molar-refractivity contribution in [3.63, 3.8) is 0 Å². The predicted octanol–water partition coefficient (Wildman–Crippen LogP) is 4.36. The first-order chi connectivity index (χ1) is 10.1. The van der Waals surface area contributed by atoms with Gasteiger partial charge >= 0.3 is 0 Å². The van der Waals surface area contributed by atoms with Gasteiger partial charge < -0.3 is 9.30 Å². The number of hydrogen-bond donors (Lipinski definition) is 0. The van der Waals surface area contributed by atoms with Gasteiger partial charge in [-0.15, -0.1) is 0 Å². The van der Waals surface area contributed by atoms with Gasteiger partial charge in [0.15, 0.2) is 0 Å². The van der Waals surface area contributed by atoms with Crippen LogP contribution in [0.25, 0.3) is 10.9 Å². The Balaban J connectivity index is 2.23. The van der Waals surface area contributed by atoms with Crippen molar-refractivity contribution in [2.45, 2.75) is 20.4 Å². The second-order valence-corrected chi connectivity index (χ2v) is 5.51. The van der Waals surface area contributed by atoms with Crippen LogP contribution in [0, 0.1) is 13.8 Å². The third-order valence-electron chi connectivity index (χ3n) is 3.99. The maximum Gasteiger partial charge on any atom is 0.238 e. The van der Waals surface area contributed by atoms with Gasteiger partial charge in [0.2, 0.25) is 5.88 Å². The second-order valence-electron chi connectivity index (χ2n) is 5.10. The van der Waals surface area contributed by atoms with Crippen LogP contribution in [0.2, 0.25) is 5.02 Å². The lowest BCUT2D eigenvalue weighted by atomic mass is 10.2. The average Bonchev–Trinajstić information content (AvgIpc) is 2.74. The normalized spacial score (nSPS) is 11.0. The maximum atomic E-state index is 6.30. The summed E-state index contributed by atoms with van der Waals surface area (Å²) in [5, 5.41) is 1.95. The highest BCUT2D eigenvalue weighted by molar-refractivity contribution is 6.31. The molecule has 4 heteroatoms. The molecule has 0 aliphatic heterocycles. The van der Waals surface area contributed by atoms with Gasteiger partial charge in [0.05, 0.1) is 7.11 Å². The summed E-state index contributed by atoms with van der Waals surface area (Å²) in [7, 11) is 1.65. The van der Waals surface area contributed by atoms with Gasteiger partial charge in [0.25, 0.3) is 0 Å². The highest BCUT2D eigenvalue weighted by Gasteiger charge is 2.16. The number of aromatic nitrogens is 2. The van der Waals surface area contributed by atoms with Crippen molar-refractivity contribution < 1.29 is 4.74 Å². The van der Waals surface area contributed by atoms with Gasteiger partial charge in [0, 0.05) is 28.8 Å². The Morgan fingerprint density at radius 2 is 1.95 bits per heavy atom. The minimum atomic E-state index is 0.649. The lowest BCUT2D eigenvalue weighted by Gasteiger charge is -2.11. The molecule has 0 aliphatic carbocycles. The zero-order valence-corrected chi connectivity index (χ0v) is 13.1. The summed E-state index contributed by atoms with van der Waals surface area (Å²) >= 11 is 6.30. The molecule has 0 radical (unpaired) electrons. The summed E-state index contributed by atoms with van der Waals surface area (Å²) in [5.41, 5.74) is 4.56. The molecule has 2 aromatic heterocycles. The lowest BCUT2D eigenvalue weighted by molar-refractivity contribution is 0.401. The van der Waals surface area contributed by atoms with Crippen molar-refractivity contribution in [2.75, 3.05) is 7.11 Å². The lowest BCUT2D eigenvalue weighted by Crippen LogP contribution is -2.04. The SMILES string of the molecule is COc1nccc2c(C)c(C)n(Cc3ccccc3Cl)c12. The zero-order valence-electron chi connectivity index (χ0n) is 12.4. The van der Waals surface area contributed by atoms with E-state index in [9.17, 15) is 0 Å². The molecule has 3 nitrogen and oxygen atoms in total. The van der Waals surface area contributed by atoms with E-state index < -0.39 is 0 Å². The first kappa shape index (κ1) is 14.0. The number of aryl methyl sites for hydroxylation is 1. The van der Waals surface area contributed by atoms with E-state index in [0.717, 1.165) is 16.1 Å². The van der Waals surface area contributed by atoms with E-state index in [2.05, 4.69) is 23.4 Å². The molecular weight excluding hydrogens is 284 g/mol. The molecule has 0 saturated heterocycles. The summed E-state index contributed by atoms with van der Waals surface area (Å²) in [6, 6.07) is 9.94. The standard InChI is InChI=1S/C17H17ClN2O/c1-11-12(2)20(10-13-6-4-5-7-15(13)18)16-14(11)8-9-19-17(16)21-3/h4-9H,10H2,1-3H3. The van der Waals surface area contributed by atoms with Gasteiger partial charge in [-0.3, -0.25) is 0 Å². The second kappa shape index (κ2) is 5.41.